The number of fused-ring (bicyclic) bond motifs is 1. The summed E-state index contributed by atoms with van der Waals surface area (Å²) in [6, 6.07) is 7.52. The summed E-state index contributed by atoms with van der Waals surface area (Å²) in [6.07, 6.45) is 4.91. The van der Waals surface area contributed by atoms with Gasteiger partial charge in [-0.05, 0) is 58.5 Å². The SMILES string of the molecule is O=[N+]([O-])c1cc(Br)cnc1Nc1ccc2c(c1)CCC2. The minimum Gasteiger partial charge on any atom is -0.334 e. The Balaban J connectivity index is 1.93. The molecule has 0 aliphatic heterocycles. The summed E-state index contributed by atoms with van der Waals surface area (Å²) in [5.74, 6) is 0.260. The molecule has 6 heteroatoms. The van der Waals surface area contributed by atoms with Crippen molar-refractivity contribution in [3.05, 3.63) is 56.2 Å². The van der Waals surface area contributed by atoms with Gasteiger partial charge in [0.05, 0.1) is 4.92 Å². The maximum absolute atomic E-state index is 11.1. The second-order valence-electron chi connectivity index (χ2n) is 4.74. The van der Waals surface area contributed by atoms with Gasteiger partial charge in [0.1, 0.15) is 0 Å². The molecule has 1 aromatic carbocycles. The number of benzene rings is 1. The number of aromatic nitrogens is 1. The highest BCUT2D eigenvalue weighted by Crippen LogP contribution is 2.30. The van der Waals surface area contributed by atoms with Crippen molar-refractivity contribution < 1.29 is 4.92 Å². The molecule has 0 amide bonds. The number of hydrogen-bond donors (Lipinski definition) is 1. The highest BCUT2D eigenvalue weighted by molar-refractivity contribution is 9.10. The normalized spacial score (nSPS) is 13.1. The molecule has 0 saturated heterocycles. The van der Waals surface area contributed by atoms with Gasteiger partial charge in [0.2, 0.25) is 5.82 Å². The number of halogens is 1. The van der Waals surface area contributed by atoms with Gasteiger partial charge in [-0.15, -0.1) is 0 Å². The first-order valence-electron chi connectivity index (χ1n) is 6.32. The van der Waals surface area contributed by atoms with Crippen LogP contribution in [0, 0.1) is 10.1 Å². The van der Waals surface area contributed by atoms with E-state index in [0.29, 0.717) is 4.47 Å². The Bertz CT molecular complexity index is 688. The van der Waals surface area contributed by atoms with Crippen LogP contribution >= 0.6 is 15.9 Å². The fraction of sp³-hybridized carbons (Fsp3) is 0.214. The molecule has 0 radical (unpaired) electrons. The van der Waals surface area contributed by atoms with Crippen LogP contribution in [0.5, 0.6) is 0 Å². The average molecular weight is 334 g/mol. The lowest BCUT2D eigenvalue weighted by atomic mass is 10.1. The van der Waals surface area contributed by atoms with Gasteiger partial charge in [-0.1, -0.05) is 6.07 Å². The van der Waals surface area contributed by atoms with Crippen LogP contribution in [-0.2, 0) is 12.8 Å². The molecule has 0 atom stereocenters. The zero-order valence-corrected chi connectivity index (χ0v) is 12.2. The Hall–Kier alpha value is -1.95. The Morgan fingerprint density at radius 2 is 2.05 bits per heavy atom. The standard InChI is InChI=1S/C14H12BrN3O2/c15-11-7-13(18(19)20)14(16-8-11)17-12-5-4-9-2-1-3-10(9)6-12/h4-8H,1-3H2,(H,16,17). The second-order valence-corrected chi connectivity index (χ2v) is 5.66. The van der Waals surface area contributed by atoms with Crippen molar-refractivity contribution in [2.75, 3.05) is 5.32 Å². The van der Waals surface area contributed by atoms with E-state index in [4.69, 9.17) is 0 Å². The van der Waals surface area contributed by atoms with Crippen LogP contribution in [-0.4, -0.2) is 9.91 Å². The van der Waals surface area contributed by atoms with Crippen LogP contribution in [0.1, 0.15) is 17.5 Å². The monoisotopic (exact) mass is 333 g/mol. The van der Waals surface area contributed by atoms with E-state index in [1.807, 2.05) is 6.07 Å². The highest BCUT2D eigenvalue weighted by atomic mass is 79.9. The third kappa shape index (κ3) is 2.51. The van der Waals surface area contributed by atoms with Crippen molar-refractivity contribution in [2.45, 2.75) is 19.3 Å². The fourth-order valence-corrected chi connectivity index (χ4v) is 2.77. The molecule has 2 aromatic rings. The molecular weight excluding hydrogens is 322 g/mol. The lowest BCUT2D eigenvalue weighted by Gasteiger charge is -2.08. The van der Waals surface area contributed by atoms with E-state index in [-0.39, 0.29) is 11.5 Å². The number of nitro groups is 1. The predicted octanol–water partition coefficient (Wildman–Crippen LogP) is 3.98. The van der Waals surface area contributed by atoms with E-state index < -0.39 is 4.92 Å². The maximum atomic E-state index is 11.1. The molecule has 102 valence electrons. The molecule has 3 rings (SSSR count). The van der Waals surface area contributed by atoms with Gasteiger partial charge < -0.3 is 5.32 Å². The summed E-state index contributed by atoms with van der Waals surface area (Å²) in [4.78, 5) is 14.7. The lowest BCUT2D eigenvalue weighted by Crippen LogP contribution is -2.00. The maximum Gasteiger partial charge on any atom is 0.312 e. The van der Waals surface area contributed by atoms with Crippen molar-refractivity contribution in [3.8, 4) is 0 Å². The number of hydrogen-bond acceptors (Lipinski definition) is 4. The summed E-state index contributed by atoms with van der Waals surface area (Å²) in [7, 11) is 0. The van der Waals surface area contributed by atoms with Gasteiger partial charge in [0.15, 0.2) is 0 Å². The van der Waals surface area contributed by atoms with Crippen LogP contribution < -0.4 is 5.32 Å². The van der Waals surface area contributed by atoms with Crippen LogP contribution in [0.25, 0.3) is 0 Å². The summed E-state index contributed by atoms with van der Waals surface area (Å²) >= 11 is 3.20. The molecule has 20 heavy (non-hydrogen) atoms. The molecule has 0 saturated carbocycles. The lowest BCUT2D eigenvalue weighted by molar-refractivity contribution is -0.384. The zero-order chi connectivity index (χ0) is 14.1. The fourth-order valence-electron chi connectivity index (χ4n) is 2.45. The predicted molar refractivity (Wildman–Crippen MR) is 80.3 cm³/mol. The van der Waals surface area contributed by atoms with E-state index >= 15 is 0 Å². The first kappa shape index (κ1) is 13.1. The average Bonchev–Trinajstić information content (AvgIpc) is 2.88. The third-order valence-corrected chi connectivity index (χ3v) is 3.83. The Labute approximate surface area is 124 Å². The van der Waals surface area contributed by atoms with E-state index in [2.05, 4.69) is 38.4 Å². The molecular formula is C14H12BrN3O2. The molecule has 5 nitrogen and oxygen atoms in total. The van der Waals surface area contributed by atoms with Crippen molar-refractivity contribution in [2.24, 2.45) is 0 Å². The van der Waals surface area contributed by atoms with Gasteiger partial charge in [-0.25, -0.2) is 4.98 Å². The number of nitrogens with zero attached hydrogens (tertiary/aromatic N) is 2. The summed E-state index contributed by atoms with van der Waals surface area (Å²) < 4.78 is 0.587. The van der Waals surface area contributed by atoms with Crippen molar-refractivity contribution in [1.82, 2.24) is 4.98 Å². The first-order valence-corrected chi connectivity index (χ1v) is 7.11. The van der Waals surface area contributed by atoms with Gasteiger partial charge in [0.25, 0.3) is 0 Å². The molecule has 0 unspecified atom stereocenters. The van der Waals surface area contributed by atoms with Crippen molar-refractivity contribution >= 4 is 33.1 Å². The number of pyridine rings is 1. The third-order valence-electron chi connectivity index (χ3n) is 3.39. The van der Waals surface area contributed by atoms with E-state index in [1.165, 1.54) is 23.6 Å². The van der Waals surface area contributed by atoms with Gasteiger partial charge in [0, 0.05) is 22.4 Å². The molecule has 1 aliphatic rings. The number of anilines is 2. The van der Waals surface area contributed by atoms with Crippen molar-refractivity contribution in [1.29, 1.82) is 0 Å². The van der Waals surface area contributed by atoms with E-state index in [1.54, 1.807) is 6.20 Å². The smallest absolute Gasteiger partial charge is 0.312 e. The van der Waals surface area contributed by atoms with Gasteiger partial charge in [-0.3, -0.25) is 10.1 Å². The molecule has 1 N–H and O–H groups in total. The number of aryl methyl sites for hydroxylation is 2. The summed E-state index contributed by atoms with van der Waals surface area (Å²) in [6.45, 7) is 0. The highest BCUT2D eigenvalue weighted by Gasteiger charge is 2.17. The molecule has 0 bridgehead atoms. The largest absolute Gasteiger partial charge is 0.334 e. The van der Waals surface area contributed by atoms with Crippen LogP contribution in [0.3, 0.4) is 0 Å². The Morgan fingerprint density at radius 3 is 2.85 bits per heavy atom. The van der Waals surface area contributed by atoms with Crippen LogP contribution in [0.4, 0.5) is 17.2 Å². The molecule has 0 spiro atoms. The molecule has 1 heterocycles. The number of rotatable bonds is 3. The molecule has 0 fully saturated rings. The first-order chi connectivity index (χ1) is 9.63. The molecule has 1 aliphatic carbocycles. The summed E-state index contributed by atoms with van der Waals surface area (Å²) in [5.41, 5.74) is 3.48. The van der Waals surface area contributed by atoms with E-state index in [9.17, 15) is 10.1 Å². The van der Waals surface area contributed by atoms with Crippen molar-refractivity contribution in [3.63, 3.8) is 0 Å². The Kier molecular flexibility index (Phi) is 3.40. The zero-order valence-electron chi connectivity index (χ0n) is 10.6. The molecule has 1 aromatic heterocycles. The Morgan fingerprint density at radius 1 is 1.25 bits per heavy atom. The van der Waals surface area contributed by atoms with Gasteiger partial charge in [-0.2, -0.15) is 0 Å². The minimum absolute atomic E-state index is 0.0418. The summed E-state index contributed by atoms with van der Waals surface area (Å²) in [5, 5.41) is 14.1. The minimum atomic E-state index is -0.437. The van der Waals surface area contributed by atoms with Gasteiger partial charge >= 0.3 is 5.69 Å². The van der Waals surface area contributed by atoms with Crippen LogP contribution in [0.2, 0.25) is 0 Å². The number of nitrogens with one attached hydrogen (secondary N) is 1. The van der Waals surface area contributed by atoms with E-state index in [0.717, 1.165) is 18.5 Å². The van der Waals surface area contributed by atoms with Crippen LogP contribution in [0.15, 0.2) is 34.9 Å². The second kappa shape index (κ2) is 5.20. The quantitative estimate of drug-likeness (QED) is 0.681. The topological polar surface area (TPSA) is 68.1 Å².